The zero-order valence-corrected chi connectivity index (χ0v) is 18.7. The first-order valence-electron chi connectivity index (χ1n) is 10.1. The Bertz CT molecular complexity index is 1250. The van der Waals surface area contributed by atoms with Crippen molar-refractivity contribution in [2.75, 3.05) is 12.0 Å². The molecule has 0 aliphatic carbocycles. The van der Waals surface area contributed by atoms with Crippen LogP contribution in [0.15, 0.2) is 72.3 Å². The number of amides is 1. The molecule has 1 fully saturated rings. The van der Waals surface area contributed by atoms with Crippen molar-refractivity contribution < 1.29 is 19.4 Å². The number of benzene rings is 3. The van der Waals surface area contributed by atoms with Gasteiger partial charge in [0.1, 0.15) is 11.5 Å². The Balaban J connectivity index is 1.96. The van der Waals surface area contributed by atoms with Crippen molar-refractivity contribution in [3.05, 3.63) is 99.6 Å². The lowest BCUT2D eigenvalue weighted by Crippen LogP contribution is -2.29. The highest BCUT2D eigenvalue weighted by Crippen LogP contribution is 2.44. The lowest BCUT2D eigenvalue weighted by molar-refractivity contribution is -0.132. The molecule has 32 heavy (non-hydrogen) atoms. The van der Waals surface area contributed by atoms with Gasteiger partial charge in [0.2, 0.25) is 0 Å². The minimum atomic E-state index is -0.804. The van der Waals surface area contributed by atoms with Crippen LogP contribution >= 0.6 is 11.6 Å². The van der Waals surface area contributed by atoms with Gasteiger partial charge >= 0.3 is 0 Å². The molecule has 0 radical (unpaired) electrons. The third-order valence-electron chi connectivity index (χ3n) is 5.67. The van der Waals surface area contributed by atoms with Gasteiger partial charge in [-0.15, -0.1) is 0 Å². The second-order valence-corrected chi connectivity index (χ2v) is 8.12. The van der Waals surface area contributed by atoms with Crippen LogP contribution in [0.2, 0.25) is 5.02 Å². The quantitative estimate of drug-likeness (QED) is 0.321. The summed E-state index contributed by atoms with van der Waals surface area (Å²) >= 11 is 6.32. The number of hydrogen-bond acceptors (Lipinski definition) is 4. The maximum Gasteiger partial charge on any atom is 0.300 e. The topological polar surface area (TPSA) is 66.8 Å². The molecule has 1 atom stereocenters. The first kappa shape index (κ1) is 21.7. The van der Waals surface area contributed by atoms with Crippen molar-refractivity contribution >= 4 is 34.7 Å². The lowest BCUT2D eigenvalue weighted by atomic mass is 9.92. The number of carbonyl (C=O) groups excluding carboxylic acids is 2. The molecule has 6 heteroatoms. The van der Waals surface area contributed by atoms with E-state index in [1.54, 1.807) is 30.3 Å². The monoisotopic (exact) mass is 447 g/mol. The molecule has 0 saturated carbocycles. The van der Waals surface area contributed by atoms with Crippen molar-refractivity contribution in [3.8, 4) is 5.75 Å². The van der Waals surface area contributed by atoms with Crippen LogP contribution in [0.5, 0.6) is 5.75 Å². The summed E-state index contributed by atoms with van der Waals surface area (Å²) < 4.78 is 5.22. The molecule has 1 aliphatic rings. The Morgan fingerprint density at radius 1 is 1.00 bits per heavy atom. The van der Waals surface area contributed by atoms with E-state index in [4.69, 9.17) is 16.3 Å². The summed E-state index contributed by atoms with van der Waals surface area (Å²) in [7, 11) is 1.50. The van der Waals surface area contributed by atoms with Gasteiger partial charge < -0.3 is 9.84 Å². The second kappa shape index (κ2) is 8.52. The number of rotatable bonds is 4. The van der Waals surface area contributed by atoms with Crippen molar-refractivity contribution in [1.29, 1.82) is 0 Å². The van der Waals surface area contributed by atoms with E-state index in [0.29, 0.717) is 22.0 Å². The van der Waals surface area contributed by atoms with E-state index in [2.05, 4.69) is 0 Å². The molecule has 1 heterocycles. The predicted octanol–water partition coefficient (Wildman–Crippen LogP) is 5.59. The maximum atomic E-state index is 13.2. The average molecular weight is 448 g/mol. The number of aryl methyl sites for hydroxylation is 2. The van der Waals surface area contributed by atoms with Crippen molar-refractivity contribution in [1.82, 2.24) is 0 Å². The smallest absolute Gasteiger partial charge is 0.300 e. The van der Waals surface area contributed by atoms with Gasteiger partial charge in [0, 0.05) is 11.3 Å². The molecule has 1 unspecified atom stereocenters. The SMILES string of the molecule is COc1ccc(N2C(=O)C(=O)/C(=C(/O)c3ccc(C)cc3)C2c2ccccc2C)cc1Cl. The lowest BCUT2D eigenvalue weighted by Gasteiger charge is -2.27. The molecule has 3 aromatic rings. The van der Waals surface area contributed by atoms with Crippen LogP contribution in [0.1, 0.15) is 28.3 Å². The highest BCUT2D eigenvalue weighted by molar-refractivity contribution is 6.52. The summed E-state index contributed by atoms with van der Waals surface area (Å²) in [6.07, 6.45) is 0. The molecule has 4 rings (SSSR count). The van der Waals surface area contributed by atoms with E-state index in [1.807, 2.05) is 50.2 Å². The van der Waals surface area contributed by atoms with Gasteiger partial charge in [0.05, 0.1) is 23.7 Å². The molecule has 0 bridgehead atoms. The van der Waals surface area contributed by atoms with Crippen LogP contribution in [0.25, 0.3) is 5.76 Å². The van der Waals surface area contributed by atoms with Crippen LogP contribution in [0, 0.1) is 13.8 Å². The molecule has 0 aromatic heterocycles. The summed E-state index contributed by atoms with van der Waals surface area (Å²) in [4.78, 5) is 27.8. The van der Waals surface area contributed by atoms with Crippen molar-refractivity contribution in [2.24, 2.45) is 0 Å². The van der Waals surface area contributed by atoms with Crippen molar-refractivity contribution in [3.63, 3.8) is 0 Å². The second-order valence-electron chi connectivity index (χ2n) is 7.71. The number of Topliss-reactive ketones (excluding diaryl/α,β-unsaturated/α-hetero) is 1. The number of carbonyl (C=O) groups is 2. The van der Waals surface area contributed by atoms with Gasteiger partial charge in [0.25, 0.3) is 11.7 Å². The molecule has 162 valence electrons. The Morgan fingerprint density at radius 2 is 1.69 bits per heavy atom. The van der Waals surface area contributed by atoms with E-state index < -0.39 is 17.7 Å². The number of hydrogen-bond donors (Lipinski definition) is 1. The van der Waals surface area contributed by atoms with Crippen LogP contribution in [0.3, 0.4) is 0 Å². The molecule has 0 spiro atoms. The first-order chi connectivity index (χ1) is 15.3. The predicted molar refractivity (Wildman–Crippen MR) is 125 cm³/mol. The molecular formula is C26H22ClNO4. The zero-order valence-electron chi connectivity index (χ0n) is 17.9. The fourth-order valence-corrected chi connectivity index (χ4v) is 4.21. The Labute approximate surface area is 191 Å². The highest BCUT2D eigenvalue weighted by Gasteiger charge is 2.47. The molecule has 1 amide bonds. The van der Waals surface area contributed by atoms with Gasteiger partial charge in [-0.05, 0) is 43.2 Å². The van der Waals surface area contributed by atoms with Gasteiger partial charge in [-0.3, -0.25) is 14.5 Å². The number of nitrogens with zero attached hydrogens (tertiary/aromatic N) is 1. The summed E-state index contributed by atoms with van der Waals surface area (Å²) in [5.41, 5.74) is 3.60. The van der Waals surface area contributed by atoms with Crippen LogP contribution < -0.4 is 9.64 Å². The third-order valence-corrected chi connectivity index (χ3v) is 5.96. The number of aliphatic hydroxyl groups is 1. The third kappa shape index (κ3) is 3.65. The van der Waals surface area contributed by atoms with E-state index in [0.717, 1.165) is 16.7 Å². The number of aliphatic hydroxyl groups excluding tert-OH is 1. The molecule has 1 N–H and O–H groups in total. The van der Waals surface area contributed by atoms with Gasteiger partial charge in [-0.1, -0.05) is 65.7 Å². The van der Waals surface area contributed by atoms with E-state index in [-0.39, 0.29) is 11.3 Å². The summed E-state index contributed by atoms with van der Waals surface area (Å²) in [5.74, 6) is -1.23. The number of ketones is 1. The molecular weight excluding hydrogens is 426 g/mol. The van der Waals surface area contributed by atoms with Crippen LogP contribution in [-0.2, 0) is 9.59 Å². The maximum absolute atomic E-state index is 13.2. The molecule has 1 aliphatic heterocycles. The molecule has 1 saturated heterocycles. The minimum Gasteiger partial charge on any atom is -0.507 e. The fraction of sp³-hybridized carbons (Fsp3) is 0.154. The van der Waals surface area contributed by atoms with Gasteiger partial charge in [0.15, 0.2) is 0 Å². The van der Waals surface area contributed by atoms with Gasteiger partial charge in [-0.25, -0.2) is 0 Å². The summed E-state index contributed by atoms with van der Waals surface area (Å²) in [6, 6.07) is 18.7. The van der Waals surface area contributed by atoms with Crippen molar-refractivity contribution in [2.45, 2.75) is 19.9 Å². The Kier molecular flexibility index (Phi) is 5.76. The fourth-order valence-electron chi connectivity index (χ4n) is 3.96. The standard InChI is InChI=1S/C26H22ClNO4/c1-15-8-10-17(11-9-15)24(29)22-23(19-7-5-4-6-16(19)2)28(26(31)25(22)30)18-12-13-21(32-3)20(27)14-18/h4-14,23,29H,1-3H3/b24-22+. The Hall–Kier alpha value is -3.57. The van der Waals surface area contributed by atoms with E-state index in [9.17, 15) is 14.7 Å². The number of halogens is 1. The largest absolute Gasteiger partial charge is 0.507 e. The number of anilines is 1. The van der Waals surface area contributed by atoms with E-state index in [1.165, 1.54) is 12.0 Å². The highest BCUT2D eigenvalue weighted by atomic mass is 35.5. The van der Waals surface area contributed by atoms with Gasteiger partial charge in [-0.2, -0.15) is 0 Å². The summed E-state index contributed by atoms with van der Waals surface area (Å²) in [5, 5.41) is 11.5. The number of methoxy groups -OCH3 is 1. The average Bonchev–Trinajstić information content (AvgIpc) is 3.04. The van der Waals surface area contributed by atoms with E-state index >= 15 is 0 Å². The zero-order chi connectivity index (χ0) is 23.0. The minimum absolute atomic E-state index is 0.0418. The van der Waals surface area contributed by atoms with Crippen LogP contribution in [0.4, 0.5) is 5.69 Å². The normalized spacial score (nSPS) is 17.6. The molecule has 5 nitrogen and oxygen atoms in total. The molecule has 3 aromatic carbocycles. The first-order valence-corrected chi connectivity index (χ1v) is 10.5. The number of ether oxygens (including phenoxy) is 1. The summed E-state index contributed by atoms with van der Waals surface area (Å²) in [6.45, 7) is 3.84. The van der Waals surface area contributed by atoms with Crippen LogP contribution in [-0.4, -0.2) is 23.9 Å². The Morgan fingerprint density at radius 3 is 2.31 bits per heavy atom.